The maximum Gasteiger partial charge on any atom is 0.282 e. The van der Waals surface area contributed by atoms with E-state index < -0.39 is 11.8 Å². The molecule has 1 N–H and O–H groups in total. The molecule has 0 atom stereocenters. The SMILES string of the molecule is COc1ccc(Cl)cc1N1C(=O)C(Nc2cc(Cl)ccc2C)=C(c2ccc(C)cc2)C1=O. The third-order valence-electron chi connectivity index (χ3n) is 5.27. The van der Waals surface area contributed by atoms with Crippen LogP contribution in [0.1, 0.15) is 16.7 Å². The van der Waals surface area contributed by atoms with Crippen LogP contribution in [0.4, 0.5) is 11.4 Å². The van der Waals surface area contributed by atoms with E-state index in [2.05, 4.69) is 5.32 Å². The number of aryl methyl sites for hydroxylation is 2. The largest absolute Gasteiger partial charge is 0.495 e. The summed E-state index contributed by atoms with van der Waals surface area (Å²) in [7, 11) is 1.47. The maximum atomic E-state index is 13.6. The molecule has 5 nitrogen and oxygen atoms in total. The Kier molecular flexibility index (Phi) is 5.96. The minimum Gasteiger partial charge on any atom is -0.495 e. The van der Waals surface area contributed by atoms with E-state index in [0.29, 0.717) is 27.0 Å². The molecule has 0 saturated carbocycles. The van der Waals surface area contributed by atoms with E-state index in [0.717, 1.165) is 16.0 Å². The Hall–Kier alpha value is -3.28. The van der Waals surface area contributed by atoms with Crippen LogP contribution >= 0.6 is 23.2 Å². The summed E-state index contributed by atoms with van der Waals surface area (Å²) < 4.78 is 5.39. The van der Waals surface area contributed by atoms with Crippen LogP contribution in [-0.2, 0) is 9.59 Å². The Morgan fingerprint density at radius 2 is 1.50 bits per heavy atom. The minimum absolute atomic E-state index is 0.159. The molecule has 0 spiro atoms. The molecule has 1 heterocycles. The van der Waals surface area contributed by atoms with E-state index in [1.54, 1.807) is 24.3 Å². The molecule has 2 amide bonds. The predicted octanol–water partition coefficient (Wildman–Crippen LogP) is 6.02. The molecule has 32 heavy (non-hydrogen) atoms. The molecule has 0 aromatic heterocycles. The zero-order chi connectivity index (χ0) is 23.0. The predicted molar refractivity (Wildman–Crippen MR) is 128 cm³/mol. The number of carbonyl (C=O) groups excluding carboxylic acids is 2. The second kappa shape index (κ2) is 8.69. The lowest BCUT2D eigenvalue weighted by Gasteiger charge is -2.19. The molecular weight excluding hydrogens is 447 g/mol. The van der Waals surface area contributed by atoms with Crippen molar-refractivity contribution >= 4 is 52.0 Å². The lowest BCUT2D eigenvalue weighted by molar-refractivity contribution is -0.120. The second-order valence-electron chi connectivity index (χ2n) is 7.46. The average molecular weight is 467 g/mol. The normalized spacial score (nSPS) is 13.7. The monoisotopic (exact) mass is 466 g/mol. The number of methoxy groups -OCH3 is 1. The van der Waals surface area contributed by atoms with Crippen LogP contribution in [-0.4, -0.2) is 18.9 Å². The van der Waals surface area contributed by atoms with Crippen molar-refractivity contribution < 1.29 is 14.3 Å². The van der Waals surface area contributed by atoms with Crippen molar-refractivity contribution in [3.8, 4) is 5.75 Å². The van der Waals surface area contributed by atoms with E-state index in [1.165, 1.54) is 13.2 Å². The molecule has 0 unspecified atom stereocenters. The first-order valence-corrected chi connectivity index (χ1v) is 10.6. The number of anilines is 2. The molecule has 3 aromatic rings. The van der Waals surface area contributed by atoms with Crippen molar-refractivity contribution in [3.05, 3.63) is 93.1 Å². The van der Waals surface area contributed by atoms with Gasteiger partial charge in [-0.25, -0.2) is 4.90 Å². The summed E-state index contributed by atoms with van der Waals surface area (Å²) >= 11 is 12.3. The zero-order valence-electron chi connectivity index (χ0n) is 17.7. The topological polar surface area (TPSA) is 58.6 Å². The van der Waals surface area contributed by atoms with E-state index in [9.17, 15) is 9.59 Å². The fourth-order valence-electron chi connectivity index (χ4n) is 3.55. The minimum atomic E-state index is -0.509. The average Bonchev–Trinajstić information content (AvgIpc) is 3.00. The van der Waals surface area contributed by atoms with E-state index >= 15 is 0 Å². The summed E-state index contributed by atoms with van der Waals surface area (Å²) in [5, 5.41) is 4.05. The fourth-order valence-corrected chi connectivity index (χ4v) is 3.89. The number of rotatable bonds is 5. The molecule has 162 valence electrons. The molecular formula is C25H20Cl2N2O3. The van der Waals surface area contributed by atoms with Crippen molar-refractivity contribution in [3.63, 3.8) is 0 Å². The fraction of sp³-hybridized carbons (Fsp3) is 0.120. The number of hydrogen-bond acceptors (Lipinski definition) is 4. The Bertz CT molecular complexity index is 1270. The summed E-state index contributed by atoms with van der Waals surface area (Å²) in [6.45, 7) is 3.85. The van der Waals surface area contributed by atoms with Crippen molar-refractivity contribution in [2.45, 2.75) is 13.8 Å². The van der Waals surface area contributed by atoms with Crippen LogP contribution in [0.3, 0.4) is 0 Å². The quantitative estimate of drug-likeness (QED) is 0.467. The molecule has 0 bridgehead atoms. The molecule has 0 radical (unpaired) electrons. The second-order valence-corrected chi connectivity index (χ2v) is 8.34. The Morgan fingerprint density at radius 1 is 0.844 bits per heavy atom. The van der Waals surface area contributed by atoms with Gasteiger partial charge in [0.25, 0.3) is 11.8 Å². The summed E-state index contributed by atoms with van der Waals surface area (Å²) in [4.78, 5) is 28.3. The van der Waals surface area contributed by atoms with Crippen molar-refractivity contribution in [1.82, 2.24) is 0 Å². The van der Waals surface area contributed by atoms with E-state index in [1.807, 2.05) is 44.2 Å². The Labute approximate surface area is 196 Å². The van der Waals surface area contributed by atoms with Crippen LogP contribution in [0.15, 0.2) is 66.4 Å². The van der Waals surface area contributed by atoms with Gasteiger partial charge in [0, 0.05) is 15.7 Å². The zero-order valence-corrected chi connectivity index (χ0v) is 19.2. The van der Waals surface area contributed by atoms with Gasteiger partial charge in [0.1, 0.15) is 11.4 Å². The van der Waals surface area contributed by atoms with Gasteiger partial charge in [-0.15, -0.1) is 0 Å². The van der Waals surface area contributed by atoms with Gasteiger partial charge in [0.15, 0.2) is 0 Å². The van der Waals surface area contributed by atoms with Gasteiger partial charge in [-0.3, -0.25) is 9.59 Å². The number of nitrogens with one attached hydrogen (secondary N) is 1. The maximum absolute atomic E-state index is 13.6. The molecule has 7 heteroatoms. The highest BCUT2D eigenvalue weighted by atomic mass is 35.5. The van der Waals surface area contributed by atoms with Crippen molar-refractivity contribution in [2.24, 2.45) is 0 Å². The van der Waals surface area contributed by atoms with Crippen LogP contribution < -0.4 is 15.0 Å². The summed E-state index contributed by atoms with van der Waals surface area (Å²) in [5.74, 6) is -0.619. The summed E-state index contributed by atoms with van der Waals surface area (Å²) in [5.41, 5.74) is 3.88. The lowest BCUT2D eigenvalue weighted by atomic mass is 10.0. The highest BCUT2D eigenvalue weighted by Crippen LogP contribution is 2.39. The molecule has 4 rings (SSSR count). The standard InChI is InChI=1S/C25H20Cl2N2O3/c1-14-4-7-16(8-5-14)22-23(28-19-12-17(26)9-6-15(19)2)25(31)29(24(22)30)20-13-18(27)10-11-21(20)32-3/h4-13,28H,1-3H3. The molecule has 0 fully saturated rings. The first-order valence-electron chi connectivity index (χ1n) is 9.87. The number of carbonyl (C=O) groups is 2. The van der Waals surface area contributed by atoms with Crippen molar-refractivity contribution in [2.75, 3.05) is 17.3 Å². The van der Waals surface area contributed by atoms with Gasteiger partial charge in [0.05, 0.1) is 18.4 Å². The molecule has 0 aliphatic carbocycles. The number of imide groups is 1. The van der Waals surface area contributed by atoms with Gasteiger partial charge < -0.3 is 10.1 Å². The van der Waals surface area contributed by atoms with Gasteiger partial charge in [-0.1, -0.05) is 59.1 Å². The van der Waals surface area contributed by atoms with E-state index in [4.69, 9.17) is 27.9 Å². The third-order valence-corrected chi connectivity index (χ3v) is 5.74. The van der Waals surface area contributed by atoms with Crippen molar-refractivity contribution in [1.29, 1.82) is 0 Å². The first kappa shape index (κ1) is 21.9. The van der Waals surface area contributed by atoms with Gasteiger partial charge in [-0.05, 0) is 55.3 Å². The highest BCUT2D eigenvalue weighted by Gasteiger charge is 2.41. The number of amides is 2. The van der Waals surface area contributed by atoms with Crippen LogP contribution in [0.25, 0.3) is 5.57 Å². The van der Waals surface area contributed by atoms with Gasteiger partial charge in [0.2, 0.25) is 0 Å². The summed E-state index contributed by atoms with van der Waals surface area (Å²) in [6.07, 6.45) is 0. The highest BCUT2D eigenvalue weighted by molar-refractivity contribution is 6.46. The molecule has 3 aromatic carbocycles. The van der Waals surface area contributed by atoms with Gasteiger partial charge >= 0.3 is 0 Å². The first-order chi connectivity index (χ1) is 15.3. The van der Waals surface area contributed by atoms with Crippen LogP contribution in [0.5, 0.6) is 5.75 Å². The number of hydrogen-bond donors (Lipinski definition) is 1. The Balaban J connectivity index is 1.88. The summed E-state index contributed by atoms with van der Waals surface area (Å²) in [6, 6.07) is 17.6. The van der Waals surface area contributed by atoms with Gasteiger partial charge in [-0.2, -0.15) is 0 Å². The smallest absolute Gasteiger partial charge is 0.282 e. The number of halogens is 2. The number of nitrogens with zero attached hydrogens (tertiary/aromatic N) is 1. The molecule has 1 aliphatic heterocycles. The third kappa shape index (κ3) is 3.97. The lowest BCUT2D eigenvalue weighted by Crippen LogP contribution is -2.32. The Morgan fingerprint density at radius 3 is 2.19 bits per heavy atom. The van der Waals surface area contributed by atoms with Crippen LogP contribution in [0, 0.1) is 13.8 Å². The number of benzene rings is 3. The number of ether oxygens (including phenoxy) is 1. The molecule has 0 saturated heterocycles. The van der Waals surface area contributed by atoms with E-state index in [-0.39, 0.29) is 17.0 Å². The molecule has 1 aliphatic rings. The van der Waals surface area contributed by atoms with Crippen LogP contribution in [0.2, 0.25) is 10.0 Å².